The van der Waals surface area contributed by atoms with Gasteiger partial charge in [-0.2, -0.15) is 0 Å². The first-order valence-electron chi connectivity index (χ1n) is 6.79. The van der Waals surface area contributed by atoms with Crippen molar-refractivity contribution < 1.29 is 14.3 Å². The molecule has 22 heavy (non-hydrogen) atoms. The molecule has 0 unspecified atom stereocenters. The van der Waals surface area contributed by atoms with Gasteiger partial charge in [-0.3, -0.25) is 4.79 Å². The van der Waals surface area contributed by atoms with E-state index in [1.807, 2.05) is 18.2 Å². The fraction of sp³-hybridized carbons (Fsp3) is 0.0556. The highest BCUT2D eigenvalue weighted by Gasteiger charge is 2.11. The van der Waals surface area contributed by atoms with Crippen LogP contribution in [-0.2, 0) is 6.42 Å². The van der Waals surface area contributed by atoms with Gasteiger partial charge < -0.3 is 5.11 Å². The lowest BCUT2D eigenvalue weighted by Gasteiger charge is -2.00. The van der Waals surface area contributed by atoms with Crippen molar-refractivity contribution >= 4 is 17.1 Å². The molecule has 0 spiro atoms. The Balaban J connectivity index is 1.78. The van der Waals surface area contributed by atoms with Crippen molar-refractivity contribution in [1.29, 1.82) is 0 Å². The highest BCUT2D eigenvalue weighted by Crippen LogP contribution is 2.30. The van der Waals surface area contributed by atoms with Crippen molar-refractivity contribution in [1.82, 2.24) is 0 Å². The number of hydrogen-bond acceptors (Lipinski definition) is 3. The van der Waals surface area contributed by atoms with Crippen LogP contribution < -0.4 is 0 Å². The summed E-state index contributed by atoms with van der Waals surface area (Å²) in [6, 6.07) is 16.6. The quantitative estimate of drug-likeness (QED) is 0.710. The van der Waals surface area contributed by atoms with Crippen LogP contribution in [0.3, 0.4) is 0 Å². The number of hydrogen-bond donors (Lipinski definition) is 1. The first-order chi connectivity index (χ1) is 10.6. The molecule has 3 aromatic rings. The number of Topliss-reactive ketones (excluding diaryl/α,β-unsaturated/α-hetero) is 1. The highest BCUT2D eigenvalue weighted by molar-refractivity contribution is 7.17. The monoisotopic (exact) mass is 312 g/mol. The van der Waals surface area contributed by atoms with E-state index in [1.165, 1.54) is 23.5 Å². The minimum atomic E-state index is -0.332. The molecule has 1 aromatic heterocycles. The van der Waals surface area contributed by atoms with E-state index in [-0.39, 0.29) is 23.8 Å². The number of aromatic hydroxyl groups is 1. The number of ketones is 1. The first kappa shape index (κ1) is 14.5. The molecule has 0 aliphatic heterocycles. The zero-order valence-electron chi connectivity index (χ0n) is 11.6. The van der Waals surface area contributed by atoms with Crippen LogP contribution >= 0.6 is 11.3 Å². The number of benzene rings is 2. The third-order valence-electron chi connectivity index (χ3n) is 3.29. The van der Waals surface area contributed by atoms with Gasteiger partial charge in [0.05, 0.1) is 4.88 Å². The molecule has 0 amide bonds. The van der Waals surface area contributed by atoms with E-state index >= 15 is 0 Å². The van der Waals surface area contributed by atoms with Gasteiger partial charge in [-0.1, -0.05) is 12.1 Å². The lowest BCUT2D eigenvalue weighted by molar-refractivity contribution is 0.0997. The predicted molar refractivity (Wildman–Crippen MR) is 85.9 cm³/mol. The third-order valence-corrected chi connectivity index (χ3v) is 4.46. The Labute approximate surface area is 131 Å². The number of rotatable bonds is 4. The van der Waals surface area contributed by atoms with Gasteiger partial charge in [0.15, 0.2) is 5.78 Å². The number of carbonyl (C=O) groups is 1. The molecule has 1 N–H and O–H groups in total. The predicted octanol–water partition coefficient (Wildman–Crippen LogP) is 4.69. The largest absolute Gasteiger partial charge is 0.508 e. The van der Waals surface area contributed by atoms with E-state index in [0.29, 0.717) is 10.4 Å². The summed E-state index contributed by atoms with van der Waals surface area (Å²) in [5.41, 5.74) is 1.62. The minimum absolute atomic E-state index is 0.0272. The van der Waals surface area contributed by atoms with Crippen LogP contribution in [0.15, 0.2) is 60.7 Å². The van der Waals surface area contributed by atoms with Crippen LogP contribution in [0.25, 0.3) is 10.4 Å². The lowest BCUT2D eigenvalue weighted by Crippen LogP contribution is -2.01. The molecule has 0 saturated carbocycles. The smallest absolute Gasteiger partial charge is 0.177 e. The zero-order valence-corrected chi connectivity index (χ0v) is 12.4. The third kappa shape index (κ3) is 3.23. The van der Waals surface area contributed by atoms with Crippen LogP contribution in [0, 0.1) is 5.82 Å². The van der Waals surface area contributed by atoms with Crippen LogP contribution in [0.4, 0.5) is 4.39 Å². The minimum Gasteiger partial charge on any atom is -0.508 e. The number of carbonyl (C=O) groups excluding carboxylic acids is 1. The molecule has 2 nitrogen and oxygen atoms in total. The van der Waals surface area contributed by atoms with Crippen molar-refractivity contribution in [2.24, 2.45) is 0 Å². The average Bonchev–Trinajstić information content (AvgIpc) is 2.98. The summed E-state index contributed by atoms with van der Waals surface area (Å²) < 4.78 is 13.1. The summed E-state index contributed by atoms with van der Waals surface area (Å²) in [4.78, 5) is 13.9. The zero-order chi connectivity index (χ0) is 15.5. The lowest BCUT2D eigenvalue weighted by atomic mass is 10.1. The van der Waals surface area contributed by atoms with Gasteiger partial charge in [0, 0.05) is 11.3 Å². The second kappa shape index (κ2) is 6.12. The fourth-order valence-electron chi connectivity index (χ4n) is 2.19. The van der Waals surface area contributed by atoms with Crippen molar-refractivity contribution in [3.05, 3.63) is 76.9 Å². The second-order valence-electron chi connectivity index (χ2n) is 4.94. The normalized spacial score (nSPS) is 10.6. The number of phenols is 1. The highest BCUT2D eigenvalue weighted by atomic mass is 32.1. The first-order valence-corrected chi connectivity index (χ1v) is 7.60. The maximum atomic E-state index is 13.1. The number of halogens is 1. The van der Waals surface area contributed by atoms with Crippen LogP contribution in [-0.4, -0.2) is 10.9 Å². The molecule has 0 radical (unpaired) electrons. The SMILES string of the molecule is O=C(Cc1cccc(F)c1)c1ccc(-c2ccc(O)cc2)s1. The fourth-order valence-corrected chi connectivity index (χ4v) is 3.14. The van der Waals surface area contributed by atoms with Gasteiger partial charge in [-0.15, -0.1) is 11.3 Å². The number of thiophene rings is 1. The standard InChI is InChI=1S/C18H13FO2S/c19-14-3-1-2-12(10-14)11-16(21)18-9-8-17(22-18)13-4-6-15(20)7-5-13/h1-10,20H,11H2. The molecule has 4 heteroatoms. The maximum absolute atomic E-state index is 13.1. The van der Waals surface area contributed by atoms with Gasteiger partial charge >= 0.3 is 0 Å². The van der Waals surface area contributed by atoms with E-state index in [9.17, 15) is 14.3 Å². The molecule has 1 heterocycles. The van der Waals surface area contributed by atoms with Gasteiger partial charge in [0.25, 0.3) is 0 Å². The average molecular weight is 312 g/mol. The summed E-state index contributed by atoms with van der Waals surface area (Å²) in [6.07, 6.45) is 0.188. The molecule has 0 saturated heterocycles. The van der Waals surface area contributed by atoms with Crippen LogP contribution in [0.5, 0.6) is 5.75 Å². The van der Waals surface area contributed by atoms with Crippen molar-refractivity contribution in [3.63, 3.8) is 0 Å². The van der Waals surface area contributed by atoms with Gasteiger partial charge in [-0.25, -0.2) is 4.39 Å². The van der Waals surface area contributed by atoms with Gasteiger partial charge in [-0.05, 0) is 59.7 Å². The maximum Gasteiger partial charge on any atom is 0.177 e. The Bertz CT molecular complexity index is 806. The number of phenolic OH excluding ortho intramolecular Hbond substituents is 1. The summed E-state index contributed by atoms with van der Waals surface area (Å²) in [5, 5.41) is 9.30. The van der Waals surface area contributed by atoms with E-state index < -0.39 is 0 Å². The topological polar surface area (TPSA) is 37.3 Å². The van der Waals surface area contributed by atoms with Gasteiger partial charge in [0.1, 0.15) is 11.6 Å². The van der Waals surface area contributed by atoms with Crippen molar-refractivity contribution in [3.8, 4) is 16.2 Å². The Kier molecular flexibility index (Phi) is 4.02. The molecule has 0 bridgehead atoms. The summed E-state index contributed by atoms with van der Waals surface area (Å²) >= 11 is 1.40. The van der Waals surface area contributed by atoms with Crippen LogP contribution in [0.1, 0.15) is 15.2 Å². The molecular weight excluding hydrogens is 299 g/mol. The summed E-state index contributed by atoms with van der Waals surface area (Å²) in [7, 11) is 0. The Hall–Kier alpha value is -2.46. The van der Waals surface area contributed by atoms with E-state index in [1.54, 1.807) is 30.3 Å². The van der Waals surface area contributed by atoms with Crippen molar-refractivity contribution in [2.45, 2.75) is 6.42 Å². The van der Waals surface area contributed by atoms with E-state index in [0.717, 1.165) is 10.4 Å². The molecule has 110 valence electrons. The molecule has 0 aliphatic carbocycles. The molecule has 2 aromatic carbocycles. The van der Waals surface area contributed by atoms with E-state index in [4.69, 9.17) is 0 Å². The molecular formula is C18H13FO2S. The molecule has 0 atom stereocenters. The van der Waals surface area contributed by atoms with Crippen molar-refractivity contribution in [2.75, 3.05) is 0 Å². The Morgan fingerprint density at radius 2 is 1.82 bits per heavy atom. The second-order valence-corrected chi connectivity index (χ2v) is 6.02. The van der Waals surface area contributed by atoms with Gasteiger partial charge in [0.2, 0.25) is 0 Å². The molecule has 3 rings (SSSR count). The Morgan fingerprint density at radius 3 is 2.55 bits per heavy atom. The molecule has 0 aliphatic rings. The summed E-state index contributed by atoms with van der Waals surface area (Å²) in [6.45, 7) is 0. The Morgan fingerprint density at radius 1 is 1.05 bits per heavy atom. The molecule has 0 fully saturated rings. The van der Waals surface area contributed by atoms with E-state index in [2.05, 4.69) is 0 Å². The van der Waals surface area contributed by atoms with Crippen LogP contribution in [0.2, 0.25) is 0 Å². The summed E-state index contributed by atoms with van der Waals surface area (Å²) in [5.74, 6) is -0.149.